The second kappa shape index (κ2) is 7.69. The standard InChI is InChI=1S/C19H22ClN3O/c20-17-9-8-15(19(21)24)11-18(17)22-16-7-4-10-23(13-16)12-14-5-2-1-3-6-14/h1-3,5-6,8-9,11,16,22H,4,7,10,12-13H2,(H2,21,24). The highest BCUT2D eigenvalue weighted by atomic mass is 35.5. The molecule has 1 atom stereocenters. The zero-order chi connectivity index (χ0) is 16.9. The number of hydrogen-bond acceptors (Lipinski definition) is 3. The van der Waals surface area contributed by atoms with Gasteiger partial charge in [-0.3, -0.25) is 9.69 Å². The normalized spacial score (nSPS) is 18.3. The zero-order valence-corrected chi connectivity index (χ0v) is 14.3. The van der Waals surface area contributed by atoms with E-state index < -0.39 is 5.91 Å². The van der Waals surface area contributed by atoms with E-state index in [1.54, 1.807) is 18.2 Å². The molecule has 1 aliphatic rings. The molecule has 0 spiro atoms. The highest BCUT2D eigenvalue weighted by molar-refractivity contribution is 6.33. The maximum Gasteiger partial charge on any atom is 0.248 e. The Balaban J connectivity index is 1.65. The third-order valence-corrected chi connectivity index (χ3v) is 4.69. The Morgan fingerprint density at radius 1 is 1.25 bits per heavy atom. The Morgan fingerprint density at radius 3 is 2.79 bits per heavy atom. The number of rotatable bonds is 5. The molecule has 0 saturated carbocycles. The van der Waals surface area contributed by atoms with Crippen molar-refractivity contribution in [2.45, 2.75) is 25.4 Å². The molecule has 24 heavy (non-hydrogen) atoms. The number of hydrogen-bond donors (Lipinski definition) is 2. The molecule has 1 unspecified atom stereocenters. The highest BCUT2D eigenvalue weighted by Crippen LogP contribution is 2.26. The summed E-state index contributed by atoms with van der Waals surface area (Å²) >= 11 is 6.26. The van der Waals surface area contributed by atoms with Crippen molar-refractivity contribution in [2.24, 2.45) is 5.73 Å². The summed E-state index contributed by atoms with van der Waals surface area (Å²) in [6.45, 7) is 3.00. The molecule has 0 bridgehead atoms. The lowest BCUT2D eigenvalue weighted by molar-refractivity contribution is 0.100. The average molecular weight is 344 g/mol. The van der Waals surface area contributed by atoms with Crippen LogP contribution in [0.2, 0.25) is 5.02 Å². The third-order valence-electron chi connectivity index (χ3n) is 4.37. The van der Waals surface area contributed by atoms with Gasteiger partial charge in [-0.25, -0.2) is 0 Å². The fourth-order valence-corrected chi connectivity index (χ4v) is 3.34. The summed E-state index contributed by atoms with van der Waals surface area (Å²) in [4.78, 5) is 13.8. The van der Waals surface area contributed by atoms with Crippen molar-refractivity contribution in [3.05, 3.63) is 64.7 Å². The summed E-state index contributed by atoms with van der Waals surface area (Å²) < 4.78 is 0. The van der Waals surface area contributed by atoms with Crippen LogP contribution in [0, 0.1) is 0 Å². The highest BCUT2D eigenvalue weighted by Gasteiger charge is 2.20. The Hall–Kier alpha value is -2.04. The number of likely N-dealkylation sites (tertiary alicyclic amines) is 1. The van der Waals surface area contributed by atoms with Gasteiger partial charge in [0.25, 0.3) is 0 Å². The molecule has 1 aliphatic heterocycles. The summed E-state index contributed by atoms with van der Waals surface area (Å²) in [6.07, 6.45) is 2.22. The fraction of sp³-hybridized carbons (Fsp3) is 0.316. The van der Waals surface area contributed by atoms with E-state index >= 15 is 0 Å². The minimum absolute atomic E-state index is 0.308. The van der Waals surface area contributed by atoms with Gasteiger partial charge in [-0.1, -0.05) is 41.9 Å². The molecule has 0 aliphatic carbocycles. The largest absolute Gasteiger partial charge is 0.380 e. The van der Waals surface area contributed by atoms with E-state index in [1.807, 2.05) is 6.07 Å². The molecule has 126 valence electrons. The minimum Gasteiger partial charge on any atom is -0.380 e. The van der Waals surface area contributed by atoms with Crippen LogP contribution in [-0.2, 0) is 6.54 Å². The molecule has 2 aromatic carbocycles. The SMILES string of the molecule is NC(=O)c1ccc(Cl)c(NC2CCCN(Cc3ccccc3)C2)c1. The monoisotopic (exact) mass is 343 g/mol. The molecule has 3 rings (SSSR count). The second-order valence-electron chi connectivity index (χ2n) is 6.26. The van der Waals surface area contributed by atoms with Crippen molar-refractivity contribution in [1.82, 2.24) is 4.90 Å². The van der Waals surface area contributed by atoms with Gasteiger partial charge in [0.05, 0.1) is 10.7 Å². The predicted octanol–water partition coefficient (Wildman–Crippen LogP) is 3.52. The van der Waals surface area contributed by atoms with E-state index in [2.05, 4.69) is 34.5 Å². The van der Waals surface area contributed by atoms with Gasteiger partial charge < -0.3 is 11.1 Å². The molecule has 2 aromatic rings. The molecule has 1 amide bonds. The number of nitrogens with zero attached hydrogens (tertiary/aromatic N) is 1. The van der Waals surface area contributed by atoms with Gasteiger partial charge in [-0.05, 0) is 43.1 Å². The van der Waals surface area contributed by atoms with E-state index in [1.165, 1.54) is 5.56 Å². The lowest BCUT2D eigenvalue weighted by Crippen LogP contribution is -2.41. The lowest BCUT2D eigenvalue weighted by atomic mass is 10.0. The van der Waals surface area contributed by atoms with Gasteiger partial charge in [0.15, 0.2) is 0 Å². The Kier molecular flexibility index (Phi) is 5.38. The van der Waals surface area contributed by atoms with Crippen LogP contribution in [0.4, 0.5) is 5.69 Å². The minimum atomic E-state index is -0.441. The number of primary amides is 1. The molecule has 4 nitrogen and oxygen atoms in total. The van der Waals surface area contributed by atoms with E-state index in [0.29, 0.717) is 16.6 Å². The molecular formula is C19H22ClN3O. The van der Waals surface area contributed by atoms with E-state index in [4.69, 9.17) is 17.3 Å². The lowest BCUT2D eigenvalue weighted by Gasteiger charge is -2.34. The van der Waals surface area contributed by atoms with E-state index in [0.717, 1.165) is 38.2 Å². The maximum absolute atomic E-state index is 11.4. The molecule has 1 fully saturated rings. The van der Waals surface area contributed by atoms with Crippen LogP contribution in [0.5, 0.6) is 0 Å². The Morgan fingerprint density at radius 2 is 2.04 bits per heavy atom. The molecule has 0 aromatic heterocycles. The van der Waals surface area contributed by atoms with Gasteiger partial charge in [0.2, 0.25) is 5.91 Å². The van der Waals surface area contributed by atoms with Crippen molar-refractivity contribution in [3.63, 3.8) is 0 Å². The average Bonchev–Trinajstić information content (AvgIpc) is 2.58. The summed E-state index contributed by atoms with van der Waals surface area (Å²) in [7, 11) is 0. The van der Waals surface area contributed by atoms with Gasteiger partial charge in [0, 0.05) is 24.7 Å². The van der Waals surface area contributed by atoms with E-state index in [-0.39, 0.29) is 0 Å². The van der Waals surface area contributed by atoms with E-state index in [9.17, 15) is 4.79 Å². The number of anilines is 1. The first-order valence-corrected chi connectivity index (χ1v) is 8.62. The first-order valence-electron chi connectivity index (χ1n) is 8.24. The van der Waals surface area contributed by atoms with Gasteiger partial charge in [-0.15, -0.1) is 0 Å². The van der Waals surface area contributed by atoms with Crippen LogP contribution in [-0.4, -0.2) is 29.9 Å². The summed E-state index contributed by atoms with van der Waals surface area (Å²) in [5.41, 5.74) is 7.93. The van der Waals surface area contributed by atoms with Crippen LogP contribution in [0.25, 0.3) is 0 Å². The number of piperidine rings is 1. The number of carbonyl (C=O) groups is 1. The maximum atomic E-state index is 11.4. The summed E-state index contributed by atoms with van der Waals surface area (Å²) in [6, 6.07) is 15.9. The van der Waals surface area contributed by atoms with Gasteiger partial charge in [0.1, 0.15) is 0 Å². The molecule has 1 heterocycles. The number of halogens is 1. The number of nitrogens with two attached hydrogens (primary N) is 1. The Bertz CT molecular complexity index is 705. The summed E-state index contributed by atoms with van der Waals surface area (Å²) in [5.74, 6) is -0.441. The zero-order valence-electron chi connectivity index (χ0n) is 13.5. The van der Waals surface area contributed by atoms with Crippen LogP contribution in [0.15, 0.2) is 48.5 Å². The van der Waals surface area contributed by atoms with Gasteiger partial charge >= 0.3 is 0 Å². The van der Waals surface area contributed by atoms with Crippen LogP contribution in [0.1, 0.15) is 28.8 Å². The molecule has 1 saturated heterocycles. The second-order valence-corrected chi connectivity index (χ2v) is 6.67. The number of carbonyl (C=O) groups excluding carboxylic acids is 1. The topological polar surface area (TPSA) is 58.4 Å². The fourth-order valence-electron chi connectivity index (χ4n) is 3.17. The number of amides is 1. The van der Waals surface area contributed by atoms with Gasteiger partial charge in [-0.2, -0.15) is 0 Å². The molecular weight excluding hydrogens is 322 g/mol. The van der Waals surface area contributed by atoms with Crippen molar-refractivity contribution >= 4 is 23.2 Å². The van der Waals surface area contributed by atoms with Crippen molar-refractivity contribution in [1.29, 1.82) is 0 Å². The Labute approximate surface area is 147 Å². The van der Waals surface area contributed by atoms with Crippen LogP contribution in [0.3, 0.4) is 0 Å². The first kappa shape index (κ1) is 16.8. The summed E-state index contributed by atoms with van der Waals surface area (Å²) in [5, 5.41) is 4.09. The smallest absolute Gasteiger partial charge is 0.248 e. The van der Waals surface area contributed by atoms with Crippen molar-refractivity contribution in [2.75, 3.05) is 18.4 Å². The predicted molar refractivity (Wildman–Crippen MR) is 98.3 cm³/mol. The first-order chi connectivity index (χ1) is 11.6. The molecule has 0 radical (unpaired) electrons. The van der Waals surface area contributed by atoms with Crippen molar-refractivity contribution < 1.29 is 4.79 Å². The third kappa shape index (κ3) is 4.28. The quantitative estimate of drug-likeness (QED) is 0.873. The van der Waals surface area contributed by atoms with Crippen molar-refractivity contribution in [3.8, 4) is 0 Å². The molecule has 5 heteroatoms. The van der Waals surface area contributed by atoms with Crippen LogP contribution >= 0.6 is 11.6 Å². The van der Waals surface area contributed by atoms with Crippen LogP contribution < -0.4 is 11.1 Å². The number of benzene rings is 2. The molecule has 3 N–H and O–H groups in total. The number of nitrogens with one attached hydrogen (secondary N) is 1.